The summed E-state index contributed by atoms with van der Waals surface area (Å²) >= 11 is 0. The summed E-state index contributed by atoms with van der Waals surface area (Å²) in [5.74, 6) is -0.290. The molecule has 0 saturated carbocycles. The first-order chi connectivity index (χ1) is 14.2. The van der Waals surface area contributed by atoms with E-state index < -0.39 is 33.0 Å². The highest BCUT2D eigenvalue weighted by Gasteiger charge is 2.37. The minimum absolute atomic E-state index is 0.288. The van der Waals surface area contributed by atoms with E-state index in [1.54, 1.807) is 6.92 Å². The zero-order valence-electron chi connectivity index (χ0n) is 23.5. The average Bonchev–Trinajstić information content (AvgIpc) is 2.59. The van der Waals surface area contributed by atoms with Gasteiger partial charge in [0, 0.05) is 20.3 Å². The molecule has 8 heteroatoms. The molecule has 32 heavy (non-hydrogen) atoms. The summed E-state index contributed by atoms with van der Waals surface area (Å²) in [6.45, 7) is 32.8. The Balaban J connectivity index is 4.42. The molecule has 0 spiro atoms. The van der Waals surface area contributed by atoms with Crippen molar-refractivity contribution < 1.29 is 18.1 Å². The quantitative estimate of drug-likeness (QED) is 0.0952. The van der Waals surface area contributed by atoms with Crippen LogP contribution in [-0.4, -0.2) is 52.2 Å². The van der Waals surface area contributed by atoms with Crippen LogP contribution >= 0.6 is 0 Å². The molecule has 0 aromatic heterocycles. The molecular formula is C24H54O4Si4. The molecule has 0 bridgehead atoms. The Morgan fingerprint density at radius 3 is 1.78 bits per heavy atom. The van der Waals surface area contributed by atoms with E-state index in [1.165, 1.54) is 24.6 Å². The fourth-order valence-corrected chi connectivity index (χ4v) is 18.8. The normalized spacial score (nSPS) is 13.9. The maximum Gasteiger partial charge on any atom is 0.333 e. The first kappa shape index (κ1) is 32.0. The number of carbonyl (C=O) groups is 1. The molecule has 0 N–H and O–H groups in total. The van der Waals surface area contributed by atoms with Crippen LogP contribution in [0.4, 0.5) is 0 Å². The lowest BCUT2D eigenvalue weighted by Gasteiger charge is -2.37. The molecule has 0 aliphatic rings. The van der Waals surface area contributed by atoms with Gasteiger partial charge >= 0.3 is 5.97 Å². The van der Waals surface area contributed by atoms with Crippen LogP contribution in [0.1, 0.15) is 40.5 Å². The molecule has 0 fully saturated rings. The van der Waals surface area contributed by atoms with Crippen LogP contribution in [0, 0.1) is 0 Å². The van der Waals surface area contributed by atoms with Crippen LogP contribution < -0.4 is 0 Å². The highest BCUT2D eigenvalue weighted by molar-refractivity contribution is 6.86. The largest absolute Gasteiger partial charge is 0.462 e. The maximum atomic E-state index is 11.5. The molecule has 0 aromatic carbocycles. The molecule has 0 aliphatic heterocycles. The second-order valence-electron chi connectivity index (χ2n) is 13.0. The van der Waals surface area contributed by atoms with Crippen molar-refractivity contribution in [2.24, 2.45) is 0 Å². The number of ether oxygens (including phenoxy) is 1. The van der Waals surface area contributed by atoms with Gasteiger partial charge < -0.3 is 13.3 Å². The number of esters is 1. The molecule has 0 radical (unpaired) electrons. The van der Waals surface area contributed by atoms with Crippen molar-refractivity contribution in [3.05, 3.63) is 12.2 Å². The third kappa shape index (κ3) is 13.6. The second kappa shape index (κ2) is 12.6. The van der Waals surface area contributed by atoms with Crippen LogP contribution in [0.5, 0.6) is 0 Å². The Kier molecular flexibility index (Phi) is 12.6. The van der Waals surface area contributed by atoms with Gasteiger partial charge in [-0.2, -0.15) is 0 Å². The van der Waals surface area contributed by atoms with E-state index >= 15 is 0 Å². The molecule has 0 aromatic rings. The van der Waals surface area contributed by atoms with Crippen molar-refractivity contribution in [1.82, 2.24) is 0 Å². The van der Waals surface area contributed by atoms with Crippen LogP contribution in [0.2, 0.25) is 81.6 Å². The summed E-state index contributed by atoms with van der Waals surface area (Å²) in [7, 11) is -6.33. The fourth-order valence-electron chi connectivity index (χ4n) is 3.49. The molecule has 0 saturated heterocycles. The SMILES string of the molecule is C=C(C)C(=O)OCCC[Si](C)(C)O[Si](C)(C)CC[Si](C)(C)CCCO[Si](C)(C)C(C)(C)C. The summed E-state index contributed by atoms with van der Waals surface area (Å²) in [5.41, 5.74) is 0.463. The van der Waals surface area contributed by atoms with Gasteiger partial charge in [0.25, 0.3) is 0 Å². The van der Waals surface area contributed by atoms with Crippen molar-refractivity contribution in [3.8, 4) is 0 Å². The molecule has 190 valence electrons. The lowest BCUT2D eigenvalue weighted by atomic mass is 10.2. The summed E-state index contributed by atoms with van der Waals surface area (Å²) in [5, 5.41) is 0.288. The van der Waals surface area contributed by atoms with Crippen molar-refractivity contribution in [1.29, 1.82) is 0 Å². The summed E-state index contributed by atoms with van der Waals surface area (Å²) < 4.78 is 18.4. The van der Waals surface area contributed by atoms with Crippen LogP contribution in [0.3, 0.4) is 0 Å². The summed E-state index contributed by atoms with van der Waals surface area (Å²) in [6.07, 6.45) is 2.06. The van der Waals surface area contributed by atoms with E-state index in [1.807, 2.05) is 0 Å². The lowest BCUT2D eigenvalue weighted by Crippen LogP contribution is -2.45. The van der Waals surface area contributed by atoms with Gasteiger partial charge in [0.15, 0.2) is 25.0 Å². The standard InChI is InChI=1S/C24H54O4Si4/c1-22(2)23(25)26-16-14-19-30(8,9)28-31(10,11)21-20-29(6,7)18-15-17-27-32(12,13)24(3,4)5/h1,14-21H2,2-13H3. The van der Waals surface area contributed by atoms with Gasteiger partial charge in [-0.3, -0.25) is 0 Å². The minimum Gasteiger partial charge on any atom is -0.462 e. The smallest absolute Gasteiger partial charge is 0.333 e. The molecule has 0 unspecified atom stereocenters. The molecule has 0 atom stereocenters. The van der Waals surface area contributed by atoms with Gasteiger partial charge in [-0.05, 0) is 76.2 Å². The van der Waals surface area contributed by atoms with Crippen LogP contribution in [0.25, 0.3) is 0 Å². The van der Waals surface area contributed by atoms with Crippen LogP contribution in [0.15, 0.2) is 12.2 Å². The summed E-state index contributed by atoms with van der Waals surface area (Å²) in [4.78, 5) is 11.5. The van der Waals surface area contributed by atoms with Gasteiger partial charge in [-0.15, -0.1) is 0 Å². The van der Waals surface area contributed by atoms with Crippen molar-refractivity contribution in [2.75, 3.05) is 13.2 Å². The second-order valence-corrected chi connectivity index (χ2v) is 32.0. The highest BCUT2D eigenvalue weighted by Crippen LogP contribution is 2.37. The van der Waals surface area contributed by atoms with E-state index in [2.05, 4.69) is 79.7 Å². The van der Waals surface area contributed by atoms with Gasteiger partial charge in [0.2, 0.25) is 0 Å². The van der Waals surface area contributed by atoms with E-state index in [0.29, 0.717) is 12.2 Å². The third-order valence-corrected chi connectivity index (χ3v) is 22.5. The predicted octanol–water partition coefficient (Wildman–Crippen LogP) is 8.04. The zero-order valence-corrected chi connectivity index (χ0v) is 27.5. The molecule has 0 heterocycles. The van der Waals surface area contributed by atoms with E-state index in [9.17, 15) is 4.79 Å². The Hall–Kier alpha value is -0.00247. The van der Waals surface area contributed by atoms with Crippen molar-refractivity contribution in [3.63, 3.8) is 0 Å². The lowest BCUT2D eigenvalue weighted by molar-refractivity contribution is -0.138. The van der Waals surface area contributed by atoms with Gasteiger partial charge in [0.1, 0.15) is 0 Å². The molecular weight excluding hydrogens is 465 g/mol. The number of hydrogen-bond acceptors (Lipinski definition) is 4. The molecule has 0 rings (SSSR count). The molecule has 4 nitrogen and oxygen atoms in total. The Labute approximate surface area is 204 Å². The van der Waals surface area contributed by atoms with Crippen molar-refractivity contribution in [2.45, 2.75) is 122 Å². The average molecular weight is 519 g/mol. The topological polar surface area (TPSA) is 44.8 Å². The van der Waals surface area contributed by atoms with Crippen LogP contribution in [-0.2, 0) is 18.1 Å². The van der Waals surface area contributed by atoms with Gasteiger partial charge in [-0.1, -0.05) is 52.5 Å². The third-order valence-electron chi connectivity index (χ3n) is 6.73. The molecule has 0 aliphatic carbocycles. The predicted molar refractivity (Wildman–Crippen MR) is 151 cm³/mol. The van der Waals surface area contributed by atoms with E-state index in [0.717, 1.165) is 19.1 Å². The van der Waals surface area contributed by atoms with Crippen molar-refractivity contribution >= 4 is 39.0 Å². The fraction of sp³-hybridized carbons (Fsp3) is 0.875. The van der Waals surface area contributed by atoms with E-state index in [4.69, 9.17) is 13.3 Å². The van der Waals surface area contributed by atoms with Gasteiger partial charge in [-0.25, -0.2) is 4.79 Å². The highest BCUT2D eigenvalue weighted by atomic mass is 28.4. The zero-order chi connectivity index (χ0) is 25.4. The monoisotopic (exact) mass is 518 g/mol. The number of carbonyl (C=O) groups excluding carboxylic acids is 1. The molecule has 0 amide bonds. The number of hydrogen-bond donors (Lipinski definition) is 0. The first-order valence-corrected chi connectivity index (χ1v) is 24.9. The maximum absolute atomic E-state index is 11.5. The van der Waals surface area contributed by atoms with Gasteiger partial charge in [0.05, 0.1) is 6.61 Å². The Morgan fingerprint density at radius 2 is 1.28 bits per heavy atom. The first-order valence-electron chi connectivity index (χ1n) is 12.4. The summed E-state index contributed by atoms with van der Waals surface area (Å²) in [6, 6.07) is 4.95. The Morgan fingerprint density at radius 1 is 0.781 bits per heavy atom. The van der Waals surface area contributed by atoms with E-state index in [-0.39, 0.29) is 11.0 Å². The Bertz CT molecular complexity index is 608. The minimum atomic E-state index is -1.76. The number of rotatable bonds is 15.